The van der Waals surface area contributed by atoms with Crippen LogP contribution in [0.25, 0.3) is 0 Å². The van der Waals surface area contributed by atoms with Gasteiger partial charge in [-0.2, -0.15) is 0 Å². The van der Waals surface area contributed by atoms with E-state index in [1.807, 2.05) is 14.1 Å². The SMILES string of the molecule is CCC(C)[SiH](NC)NC. The summed E-state index contributed by atoms with van der Waals surface area (Å²) in [5.74, 6) is 0. The Labute approximate surface area is 59.8 Å². The van der Waals surface area contributed by atoms with E-state index in [2.05, 4.69) is 23.8 Å². The van der Waals surface area contributed by atoms with Crippen LogP contribution in [0, 0.1) is 0 Å². The summed E-state index contributed by atoms with van der Waals surface area (Å²) in [6.07, 6.45) is 1.28. The Morgan fingerprint density at radius 3 is 1.89 bits per heavy atom. The van der Waals surface area contributed by atoms with E-state index in [4.69, 9.17) is 0 Å². The summed E-state index contributed by atoms with van der Waals surface area (Å²) in [7, 11) is 3.30. The molecule has 0 rings (SSSR count). The Morgan fingerprint density at radius 2 is 1.78 bits per heavy atom. The topological polar surface area (TPSA) is 24.1 Å². The summed E-state index contributed by atoms with van der Waals surface area (Å²) in [5, 5.41) is 0. The van der Waals surface area contributed by atoms with E-state index in [0.717, 1.165) is 5.54 Å². The fourth-order valence-corrected chi connectivity index (χ4v) is 2.85. The van der Waals surface area contributed by atoms with Crippen molar-refractivity contribution in [3.63, 3.8) is 0 Å². The molecule has 0 heterocycles. The number of nitrogens with one attached hydrogen (secondary N) is 2. The van der Waals surface area contributed by atoms with E-state index in [1.54, 1.807) is 0 Å². The molecular formula is C6H18N2Si. The van der Waals surface area contributed by atoms with Crippen LogP contribution < -0.4 is 9.96 Å². The summed E-state index contributed by atoms with van der Waals surface area (Å²) in [6, 6.07) is 0. The average molecular weight is 146 g/mol. The van der Waals surface area contributed by atoms with Gasteiger partial charge in [0, 0.05) is 0 Å². The van der Waals surface area contributed by atoms with E-state index in [0.29, 0.717) is 0 Å². The molecule has 2 N–H and O–H groups in total. The van der Waals surface area contributed by atoms with Crippen molar-refractivity contribution in [1.82, 2.24) is 9.96 Å². The molecule has 0 aliphatic carbocycles. The molecule has 9 heavy (non-hydrogen) atoms. The summed E-state index contributed by atoms with van der Waals surface area (Å²) < 4.78 is 0. The van der Waals surface area contributed by atoms with Crippen LogP contribution in [-0.2, 0) is 0 Å². The molecular weight excluding hydrogens is 128 g/mol. The molecule has 0 aromatic rings. The van der Waals surface area contributed by atoms with Gasteiger partial charge in [-0.15, -0.1) is 0 Å². The zero-order valence-electron chi connectivity index (χ0n) is 6.86. The second kappa shape index (κ2) is 4.96. The lowest BCUT2D eigenvalue weighted by Crippen LogP contribution is -2.46. The molecule has 56 valence electrons. The predicted octanol–water partition coefficient (Wildman–Crippen LogP) is 0.446. The van der Waals surface area contributed by atoms with Crippen molar-refractivity contribution in [1.29, 1.82) is 0 Å². The third-order valence-electron chi connectivity index (χ3n) is 1.83. The van der Waals surface area contributed by atoms with Crippen molar-refractivity contribution in [2.24, 2.45) is 0 Å². The van der Waals surface area contributed by atoms with Gasteiger partial charge in [0.15, 0.2) is 9.12 Å². The van der Waals surface area contributed by atoms with Gasteiger partial charge in [-0.05, 0) is 19.6 Å². The van der Waals surface area contributed by atoms with Crippen molar-refractivity contribution in [3.8, 4) is 0 Å². The monoisotopic (exact) mass is 146 g/mol. The molecule has 1 unspecified atom stereocenters. The first kappa shape index (κ1) is 9.14. The molecule has 0 saturated heterocycles. The Hall–Kier alpha value is 0.137. The second-order valence-electron chi connectivity index (χ2n) is 2.44. The molecule has 0 aliphatic rings. The molecule has 2 nitrogen and oxygen atoms in total. The Morgan fingerprint density at radius 1 is 1.33 bits per heavy atom. The first-order valence-electron chi connectivity index (χ1n) is 3.60. The minimum absolute atomic E-state index is 0.786. The van der Waals surface area contributed by atoms with E-state index in [9.17, 15) is 0 Å². The highest BCUT2D eigenvalue weighted by Gasteiger charge is 2.12. The van der Waals surface area contributed by atoms with Crippen LogP contribution >= 0.6 is 0 Å². The smallest absolute Gasteiger partial charge is 0.187 e. The number of hydrogen-bond donors (Lipinski definition) is 2. The van der Waals surface area contributed by atoms with E-state index >= 15 is 0 Å². The van der Waals surface area contributed by atoms with Crippen LogP contribution in [0.1, 0.15) is 20.3 Å². The molecule has 0 radical (unpaired) electrons. The maximum absolute atomic E-state index is 3.33. The minimum Gasteiger partial charge on any atom is -0.331 e. The Kier molecular flexibility index (Phi) is 5.04. The zero-order valence-corrected chi connectivity index (χ0v) is 8.02. The van der Waals surface area contributed by atoms with Gasteiger partial charge in [-0.1, -0.05) is 20.3 Å². The highest BCUT2D eigenvalue weighted by atomic mass is 28.3. The van der Waals surface area contributed by atoms with Gasteiger partial charge < -0.3 is 9.96 Å². The third kappa shape index (κ3) is 2.98. The van der Waals surface area contributed by atoms with Crippen LogP contribution in [-0.4, -0.2) is 23.2 Å². The van der Waals surface area contributed by atoms with Crippen LogP contribution in [0.5, 0.6) is 0 Å². The van der Waals surface area contributed by atoms with Crippen LogP contribution in [0.15, 0.2) is 0 Å². The largest absolute Gasteiger partial charge is 0.331 e. The highest BCUT2D eigenvalue weighted by Crippen LogP contribution is 2.07. The molecule has 0 aliphatic heterocycles. The van der Waals surface area contributed by atoms with Gasteiger partial charge in [0.25, 0.3) is 0 Å². The summed E-state index contributed by atoms with van der Waals surface area (Å²) in [4.78, 5) is 6.66. The summed E-state index contributed by atoms with van der Waals surface area (Å²) in [5.41, 5.74) is 0.847. The molecule has 0 aromatic carbocycles. The lowest BCUT2D eigenvalue weighted by atomic mass is 10.4. The number of rotatable bonds is 4. The van der Waals surface area contributed by atoms with Crippen molar-refractivity contribution in [2.75, 3.05) is 14.1 Å². The van der Waals surface area contributed by atoms with Gasteiger partial charge >= 0.3 is 0 Å². The molecule has 1 atom stereocenters. The van der Waals surface area contributed by atoms with Crippen LogP contribution in [0.4, 0.5) is 0 Å². The second-order valence-corrected chi connectivity index (χ2v) is 5.69. The van der Waals surface area contributed by atoms with Gasteiger partial charge in [0.2, 0.25) is 0 Å². The average Bonchev–Trinajstić information content (AvgIpc) is 1.90. The van der Waals surface area contributed by atoms with Crippen LogP contribution in [0.3, 0.4) is 0 Å². The fourth-order valence-electron chi connectivity index (χ4n) is 0.949. The maximum Gasteiger partial charge on any atom is 0.187 e. The van der Waals surface area contributed by atoms with Gasteiger partial charge in [0.05, 0.1) is 0 Å². The summed E-state index contributed by atoms with van der Waals surface area (Å²) >= 11 is 0. The first-order chi connectivity index (χ1) is 4.26. The minimum atomic E-state index is -0.786. The number of hydrogen-bond acceptors (Lipinski definition) is 2. The fraction of sp³-hybridized carbons (Fsp3) is 1.00. The molecule has 0 aromatic heterocycles. The van der Waals surface area contributed by atoms with Crippen molar-refractivity contribution >= 4 is 9.12 Å². The van der Waals surface area contributed by atoms with Crippen molar-refractivity contribution in [3.05, 3.63) is 0 Å². The van der Waals surface area contributed by atoms with Gasteiger partial charge in [0.1, 0.15) is 0 Å². The van der Waals surface area contributed by atoms with E-state index in [1.165, 1.54) is 6.42 Å². The molecule has 0 spiro atoms. The lowest BCUT2D eigenvalue weighted by molar-refractivity contribution is 0.810. The molecule has 0 saturated carbocycles. The van der Waals surface area contributed by atoms with Gasteiger partial charge in [-0.3, -0.25) is 0 Å². The Balaban J connectivity index is 3.50. The molecule has 0 fully saturated rings. The zero-order chi connectivity index (χ0) is 7.28. The normalized spacial score (nSPS) is 14.3. The van der Waals surface area contributed by atoms with Crippen molar-refractivity contribution in [2.45, 2.75) is 25.8 Å². The Bertz CT molecular complexity index is 64.1. The highest BCUT2D eigenvalue weighted by molar-refractivity contribution is 6.54. The lowest BCUT2D eigenvalue weighted by Gasteiger charge is -2.18. The van der Waals surface area contributed by atoms with E-state index in [-0.39, 0.29) is 0 Å². The third-order valence-corrected chi connectivity index (χ3v) is 4.69. The standard InChI is InChI=1S/C6H18N2Si/c1-5-6(2)9(7-3)8-4/h6-9H,5H2,1-4H3. The van der Waals surface area contributed by atoms with Crippen LogP contribution in [0.2, 0.25) is 5.54 Å². The maximum atomic E-state index is 3.33. The van der Waals surface area contributed by atoms with E-state index < -0.39 is 9.12 Å². The quantitative estimate of drug-likeness (QED) is 0.563. The predicted molar refractivity (Wildman–Crippen MR) is 45.0 cm³/mol. The molecule has 0 bridgehead atoms. The first-order valence-corrected chi connectivity index (χ1v) is 5.42. The van der Waals surface area contributed by atoms with Crippen molar-refractivity contribution < 1.29 is 0 Å². The molecule has 0 amide bonds. The van der Waals surface area contributed by atoms with Gasteiger partial charge in [-0.25, -0.2) is 0 Å². The molecule has 3 heteroatoms. The summed E-state index contributed by atoms with van der Waals surface area (Å²) in [6.45, 7) is 4.53.